The molecule has 110 valence electrons. The smallest absolute Gasteiger partial charge is 0.306 e. The topological polar surface area (TPSA) is 75.6 Å². The standard InChI is InChI=1S/C14H25NO4/c1-9(14(17)18)5-4-6-10(2)15-13(16)12-7-8-19-11(12)3/h9-12H,4-8H2,1-3H3,(H,15,16)(H,17,18). The van der Waals surface area contributed by atoms with Crippen LogP contribution >= 0.6 is 0 Å². The first-order valence-electron chi connectivity index (χ1n) is 7.06. The highest BCUT2D eigenvalue weighted by atomic mass is 16.5. The number of ether oxygens (including phenoxy) is 1. The van der Waals surface area contributed by atoms with Crippen molar-refractivity contribution in [3.05, 3.63) is 0 Å². The van der Waals surface area contributed by atoms with Gasteiger partial charge in [0.15, 0.2) is 0 Å². The van der Waals surface area contributed by atoms with Gasteiger partial charge in [0.2, 0.25) is 5.91 Å². The number of nitrogens with one attached hydrogen (secondary N) is 1. The van der Waals surface area contributed by atoms with Gasteiger partial charge in [0, 0.05) is 12.6 Å². The van der Waals surface area contributed by atoms with Gasteiger partial charge in [-0.1, -0.05) is 13.3 Å². The summed E-state index contributed by atoms with van der Waals surface area (Å²) < 4.78 is 5.38. The lowest BCUT2D eigenvalue weighted by Gasteiger charge is -2.19. The molecule has 1 amide bonds. The zero-order chi connectivity index (χ0) is 14.4. The van der Waals surface area contributed by atoms with Crippen molar-refractivity contribution in [2.75, 3.05) is 6.61 Å². The van der Waals surface area contributed by atoms with Crippen LogP contribution < -0.4 is 5.32 Å². The van der Waals surface area contributed by atoms with Gasteiger partial charge in [0.1, 0.15) is 0 Å². The van der Waals surface area contributed by atoms with Gasteiger partial charge in [-0.3, -0.25) is 9.59 Å². The molecule has 1 aliphatic heterocycles. The summed E-state index contributed by atoms with van der Waals surface area (Å²) in [6.07, 6.45) is 3.06. The minimum absolute atomic E-state index is 0.000711. The van der Waals surface area contributed by atoms with E-state index in [0.717, 1.165) is 19.3 Å². The molecule has 19 heavy (non-hydrogen) atoms. The second-order valence-electron chi connectivity index (χ2n) is 5.55. The first-order chi connectivity index (χ1) is 8.91. The van der Waals surface area contributed by atoms with Gasteiger partial charge in [-0.2, -0.15) is 0 Å². The number of hydrogen-bond acceptors (Lipinski definition) is 3. The van der Waals surface area contributed by atoms with Gasteiger partial charge in [0.25, 0.3) is 0 Å². The molecule has 0 spiro atoms. The molecule has 0 aromatic carbocycles. The van der Waals surface area contributed by atoms with Crippen LogP contribution in [0.1, 0.15) is 46.5 Å². The quantitative estimate of drug-likeness (QED) is 0.740. The maximum absolute atomic E-state index is 12.0. The van der Waals surface area contributed by atoms with Gasteiger partial charge in [0.05, 0.1) is 17.9 Å². The van der Waals surface area contributed by atoms with Crippen molar-refractivity contribution in [2.24, 2.45) is 11.8 Å². The Bertz CT molecular complexity index is 319. The van der Waals surface area contributed by atoms with Crippen LogP contribution in [0.4, 0.5) is 0 Å². The molecular formula is C14H25NO4. The lowest BCUT2D eigenvalue weighted by atomic mass is 9.99. The van der Waals surface area contributed by atoms with Gasteiger partial charge < -0.3 is 15.2 Å². The summed E-state index contributed by atoms with van der Waals surface area (Å²) in [4.78, 5) is 22.7. The molecule has 4 unspecified atom stereocenters. The molecule has 5 heteroatoms. The second kappa shape index (κ2) is 7.48. The highest BCUT2D eigenvalue weighted by molar-refractivity contribution is 5.79. The van der Waals surface area contributed by atoms with Crippen LogP contribution in [-0.4, -0.2) is 35.7 Å². The van der Waals surface area contributed by atoms with Crippen molar-refractivity contribution < 1.29 is 19.4 Å². The number of carboxylic acids is 1. The van der Waals surface area contributed by atoms with Crippen LogP contribution in [0.25, 0.3) is 0 Å². The molecule has 1 saturated heterocycles. The maximum Gasteiger partial charge on any atom is 0.306 e. The molecule has 1 fully saturated rings. The number of aliphatic carboxylic acids is 1. The third kappa shape index (κ3) is 5.19. The fourth-order valence-electron chi connectivity index (χ4n) is 2.35. The Kier molecular flexibility index (Phi) is 6.28. The van der Waals surface area contributed by atoms with Crippen molar-refractivity contribution in [3.63, 3.8) is 0 Å². The molecule has 1 heterocycles. The number of rotatable bonds is 7. The molecule has 0 radical (unpaired) electrons. The van der Waals surface area contributed by atoms with E-state index in [0.29, 0.717) is 13.0 Å². The molecule has 0 aliphatic carbocycles. The summed E-state index contributed by atoms with van der Waals surface area (Å²) in [5.41, 5.74) is 0. The molecule has 1 rings (SSSR count). The average Bonchev–Trinajstić information content (AvgIpc) is 2.75. The van der Waals surface area contributed by atoms with E-state index in [9.17, 15) is 9.59 Å². The Labute approximate surface area is 114 Å². The number of hydrogen-bond donors (Lipinski definition) is 2. The Morgan fingerprint density at radius 1 is 1.37 bits per heavy atom. The van der Waals surface area contributed by atoms with Crippen molar-refractivity contribution in [2.45, 2.75) is 58.6 Å². The summed E-state index contributed by atoms with van der Waals surface area (Å²) in [6, 6.07) is 0.0845. The van der Waals surface area contributed by atoms with E-state index < -0.39 is 5.97 Å². The lowest BCUT2D eigenvalue weighted by molar-refractivity contribution is -0.141. The number of carbonyl (C=O) groups is 2. The third-order valence-corrected chi connectivity index (χ3v) is 3.80. The van der Waals surface area contributed by atoms with E-state index in [1.807, 2.05) is 13.8 Å². The monoisotopic (exact) mass is 271 g/mol. The fourth-order valence-corrected chi connectivity index (χ4v) is 2.35. The molecule has 1 aliphatic rings. The molecule has 0 aromatic rings. The predicted octanol–water partition coefficient (Wildman–Crippen LogP) is 1.81. The number of carboxylic acid groups (broad SMARTS) is 1. The normalized spacial score (nSPS) is 25.8. The summed E-state index contributed by atoms with van der Waals surface area (Å²) in [5.74, 6) is -1.05. The van der Waals surface area contributed by atoms with E-state index in [1.54, 1.807) is 6.92 Å². The zero-order valence-corrected chi connectivity index (χ0v) is 12.0. The Morgan fingerprint density at radius 3 is 2.58 bits per heavy atom. The Balaban J connectivity index is 2.21. The predicted molar refractivity (Wildman–Crippen MR) is 71.8 cm³/mol. The highest BCUT2D eigenvalue weighted by Crippen LogP contribution is 2.20. The second-order valence-corrected chi connectivity index (χ2v) is 5.55. The first-order valence-corrected chi connectivity index (χ1v) is 7.06. The van der Waals surface area contributed by atoms with E-state index >= 15 is 0 Å². The molecular weight excluding hydrogens is 246 g/mol. The van der Waals surface area contributed by atoms with Gasteiger partial charge in [-0.15, -0.1) is 0 Å². The lowest BCUT2D eigenvalue weighted by Crippen LogP contribution is -2.39. The van der Waals surface area contributed by atoms with Crippen LogP contribution in [0.5, 0.6) is 0 Å². The van der Waals surface area contributed by atoms with E-state index in [2.05, 4.69) is 5.32 Å². The molecule has 4 atom stereocenters. The summed E-state index contributed by atoms with van der Waals surface area (Å²) in [6.45, 7) is 6.26. The summed E-state index contributed by atoms with van der Waals surface area (Å²) >= 11 is 0. The average molecular weight is 271 g/mol. The van der Waals surface area contributed by atoms with Crippen LogP contribution in [0.3, 0.4) is 0 Å². The van der Waals surface area contributed by atoms with Crippen molar-refractivity contribution in [1.82, 2.24) is 5.32 Å². The Morgan fingerprint density at radius 2 is 2.05 bits per heavy atom. The molecule has 0 bridgehead atoms. The van der Waals surface area contributed by atoms with Gasteiger partial charge >= 0.3 is 5.97 Å². The fraction of sp³-hybridized carbons (Fsp3) is 0.857. The van der Waals surface area contributed by atoms with E-state index in [1.165, 1.54) is 0 Å². The zero-order valence-electron chi connectivity index (χ0n) is 12.0. The molecule has 0 aromatic heterocycles. The van der Waals surface area contributed by atoms with Gasteiger partial charge in [-0.25, -0.2) is 0 Å². The third-order valence-electron chi connectivity index (χ3n) is 3.80. The molecule has 2 N–H and O–H groups in total. The SMILES string of the molecule is CC(CCCC(C)C(=O)O)NC(=O)C1CCOC1C. The largest absolute Gasteiger partial charge is 0.481 e. The van der Waals surface area contributed by atoms with Gasteiger partial charge in [-0.05, 0) is 33.1 Å². The van der Waals surface area contributed by atoms with Crippen molar-refractivity contribution in [3.8, 4) is 0 Å². The van der Waals surface area contributed by atoms with Crippen molar-refractivity contribution >= 4 is 11.9 Å². The van der Waals surface area contributed by atoms with Crippen LogP contribution in [-0.2, 0) is 14.3 Å². The van der Waals surface area contributed by atoms with Crippen molar-refractivity contribution in [1.29, 1.82) is 0 Å². The van der Waals surface area contributed by atoms with E-state index in [-0.39, 0.29) is 29.9 Å². The van der Waals surface area contributed by atoms with Crippen LogP contribution in [0, 0.1) is 11.8 Å². The highest BCUT2D eigenvalue weighted by Gasteiger charge is 2.31. The minimum atomic E-state index is -0.756. The van der Waals surface area contributed by atoms with Crippen LogP contribution in [0.15, 0.2) is 0 Å². The summed E-state index contributed by atoms with van der Waals surface area (Å²) in [5, 5.41) is 11.8. The minimum Gasteiger partial charge on any atom is -0.481 e. The maximum atomic E-state index is 12.0. The molecule has 5 nitrogen and oxygen atoms in total. The van der Waals surface area contributed by atoms with E-state index in [4.69, 9.17) is 9.84 Å². The Hall–Kier alpha value is -1.10. The number of amides is 1. The first kappa shape index (κ1) is 16.0. The summed E-state index contributed by atoms with van der Waals surface area (Å²) in [7, 11) is 0. The number of carbonyl (C=O) groups excluding carboxylic acids is 1. The molecule has 0 saturated carbocycles. The van der Waals surface area contributed by atoms with Crippen LogP contribution in [0.2, 0.25) is 0 Å².